The van der Waals surface area contributed by atoms with Crippen LogP contribution < -0.4 is 10.6 Å². The van der Waals surface area contributed by atoms with Crippen LogP contribution in [0.1, 0.15) is 5.56 Å². The van der Waals surface area contributed by atoms with Gasteiger partial charge in [-0.3, -0.25) is 0 Å². The van der Waals surface area contributed by atoms with Gasteiger partial charge in [0.15, 0.2) is 11.5 Å². The van der Waals surface area contributed by atoms with Crippen LogP contribution in [0.2, 0.25) is 0 Å². The third-order valence-electron chi connectivity index (χ3n) is 2.99. The molecule has 0 spiro atoms. The molecule has 2 aromatic heterocycles. The molecule has 0 saturated carbocycles. The van der Waals surface area contributed by atoms with Crippen molar-refractivity contribution in [1.82, 2.24) is 19.9 Å². The Morgan fingerprint density at radius 1 is 1.30 bits per heavy atom. The lowest BCUT2D eigenvalue weighted by atomic mass is 10.2. The minimum atomic E-state index is 0.140. The van der Waals surface area contributed by atoms with Crippen molar-refractivity contribution in [2.75, 3.05) is 17.7 Å². The van der Waals surface area contributed by atoms with Crippen molar-refractivity contribution in [2.45, 2.75) is 0 Å². The number of nitrogens with one attached hydrogen (secondary N) is 1. The fourth-order valence-corrected chi connectivity index (χ4v) is 2.05. The van der Waals surface area contributed by atoms with E-state index in [0.717, 1.165) is 5.69 Å². The van der Waals surface area contributed by atoms with Gasteiger partial charge < -0.3 is 15.6 Å². The van der Waals surface area contributed by atoms with Crippen LogP contribution in [0.5, 0.6) is 0 Å². The van der Waals surface area contributed by atoms with Crippen LogP contribution in [0, 0.1) is 11.3 Å². The number of para-hydroxylation sites is 1. The van der Waals surface area contributed by atoms with Crippen molar-refractivity contribution in [2.24, 2.45) is 0 Å². The number of aromatic amines is 1. The van der Waals surface area contributed by atoms with Gasteiger partial charge in [-0.2, -0.15) is 15.2 Å². The van der Waals surface area contributed by atoms with Gasteiger partial charge in [-0.05, 0) is 12.1 Å². The second-order valence-electron chi connectivity index (χ2n) is 4.19. The Kier molecular flexibility index (Phi) is 2.69. The molecule has 7 heteroatoms. The first-order chi connectivity index (χ1) is 9.70. The lowest BCUT2D eigenvalue weighted by Gasteiger charge is -2.19. The average molecular weight is 265 g/mol. The zero-order valence-corrected chi connectivity index (χ0v) is 10.7. The first kappa shape index (κ1) is 11.9. The molecule has 20 heavy (non-hydrogen) atoms. The van der Waals surface area contributed by atoms with E-state index in [2.05, 4.69) is 26.0 Å². The summed E-state index contributed by atoms with van der Waals surface area (Å²) in [6.07, 6.45) is 1.53. The molecule has 0 amide bonds. The Balaban J connectivity index is 2.20. The molecule has 98 valence electrons. The standard InChI is InChI=1S/C13H11N7/c1-20(9-5-3-2-4-8(9)6-14)12-10-11(17-7-16-10)18-13(15)19-12/h2-5,7H,1H3,(H3,15,16,17,18,19). The molecule has 1 aromatic carbocycles. The quantitative estimate of drug-likeness (QED) is 0.728. The van der Waals surface area contributed by atoms with E-state index in [1.54, 1.807) is 11.0 Å². The van der Waals surface area contributed by atoms with Gasteiger partial charge in [0, 0.05) is 7.05 Å². The summed E-state index contributed by atoms with van der Waals surface area (Å²) >= 11 is 0. The first-order valence-corrected chi connectivity index (χ1v) is 5.90. The van der Waals surface area contributed by atoms with E-state index in [1.807, 2.05) is 25.2 Å². The summed E-state index contributed by atoms with van der Waals surface area (Å²) in [7, 11) is 1.82. The van der Waals surface area contributed by atoms with Gasteiger partial charge in [-0.25, -0.2) is 4.98 Å². The van der Waals surface area contributed by atoms with E-state index in [4.69, 9.17) is 5.73 Å². The Hall–Kier alpha value is -3.14. The van der Waals surface area contributed by atoms with Crippen LogP contribution in [-0.2, 0) is 0 Å². The maximum absolute atomic E-state index is 9.19. The fourth-order valence-electron chi connectivity index (χ4n) is 2.05. The van der Waals surface area contributed by atoms with Crippen LogP contribution in [0.25, 0.3) is 11.2 Å². The minimum Gasteiger partial charge on any atom is -0.368 e. The predicted octanol–water partition coefficient (Wildman–Crippen LogP) is 1.57. The molecule has 3 N–H and O–H groups in total. The molecule has 0 radical (unpaired) electrons. The molecule has 7 nitrogen and oxygen atoms in total. The van der Waals surface area contributed by atoms with Crippen LogP contribution in [0.4, 0.5) is 17.5 Å². The number of nitrogens with two attached hydrogens (primary N) is 1. The zero-order chi connectivity index (χ0) is 14.1. The number of nitrogen functional groups attached to an aromatic ring is 1. The third-order valence-corrected chi connectivity index (χ3v) is 2.99. The summed E-state index contributed by atoms with van der Waals surface area (Å²) in [5.74, 6) is 0.716. The van der Waals surface area contributed by atoms with E-state index in [0.29, 0.717) is 22.5 Å². The zero-order valence-electron chi connectivity index (χ0n) is 10.7. The van der Waals surface area contributed by atoms with Gasteiger partial charge in [-0.1, -0.05) is 12.1 Å². The number of imidazole rings is 1. The molecule has 0 saturated heterocycles. The molecule has 2 heterocycles. The van der Waals surface area contributed by atoms with Crippen LogP contribution in [0.3, 0.4) is 0 Å². The van der Waals surface area contributed by atoms with E-state index < -0.39 is 0 Å². The van der Waals surface area contributed by atoms with Gasteiger partial charge in [0.1, 0.15) is 11.6 Å². The number of hydrogen-bond donors (Lipinski definition) is 2. The number of nitrogens with zero attached hydrogens (tertiary/aromatic N) is 5. The average Bonchev–Trinajstić information content (AvgIpc) is 2.93. The highest BCUT2D eigenvalue weighted by Gasteiger charge is 2.16. The van der Waals surface area contributed by atoms with Crippen molar-refractivity contribution in [3.05, 3.63) is 36.2 Å². The largest absolute Gasteiger partial charge is 0.368 e. The Morgan fingerprint density at radius 3 is 2.90 bits per heavy atom. The van der Waals surface area contributed by atoms with Gasteiger partial charge in [0.2, 0.25) is 5.95 Å². The summed E-state index contributed by atoms with van der Waals surface area (Å²) in [5, 5.41) is 9.19. The molecule has 0 unspecified atom stereocenters. The van der Waals surface area contributed by atoms with Crippen molar-refractivity contribution in [3.63, 3.8) is 0 Å². The molecule has 3 aromatic rings. The third kappa shape index (κ3) is 1.80. The number of aromatic nitrogens is 4. The van der Waals surface area contributed by atoms with Gasteiger partial charge in [0.05, 0.1) is 17.6 Å². The number of nitriles is 1. The lowest BCUT2D eigenvalue weighted by Crippen LogP contribution is -2.14. The monoisotopic (exact) mass is 265 g/mol. The number of anilines is 3. The Bertz CT molecular complexity index is 815. The van der Waals surface area contributed by atoms with Gasteiger partial charge in [0.25, 0.3) is 0 Å². The van der Waals surface area contributed by atoms with E-state index in [9.17, 15) is 5.26 Å². The number of hydrogen-bond acceptors (Lipinski definition) is 6. The number of H-pyrrole nitrogens is 1. The highest BCUT2D eigenvalue weighted by molar-refractivity contribution is 5.87. The molecule has 0 aliphatic carbocycles. The van der Waals surface area contributed by atoms with E-state index in [-0.39, 0.29) is 5.95 Å². The summed E-state index contributed by atoms with van der Waals surface area (Å²) in [6.45, 7) is 0. The van der Waals surface area contributed by atoms with Crippen LogP contribution in [0.15, 0.2) is 30.6 Å². The Labute approximate surface area is 114 Å². The summed E-state index contributed by atoms with van der Waals surface area (Å²) < 4.78 is 0. The molecular weight excluding hydrogens is 254 g/mol. The first-order valence-electron chi connectivity index (χ1n) is 5.90. The normalized spacial score (nSPS) is 10.4. The predicted molar refractivity (Wildman–Crippen MR) is 75.3 cm³/mol. The smallest absolute Gasteiger partial charge is 0.224 e. The topological polar surface area (TPSA) is 108 Å². The number of fused-ring (bicyclic) bond motifs is 1. The second-order valence-corrected chi connectivity index (χ2v) is 4.19. The second kappa shape index (κ2) is 4.51. The number of benzene rings is 1. The van der Waals surface area contributed by atoms with Gasteiger partial charge in [-0.15, -0.1) is 0 Å². The molecule has 0 aliphatic heterocycles. The maximum atomic E-state index is 9.19. The maximum Gasteiger partial charge on any atom is 0.224 e. The highest BCUT2D eigenvalue weighted by atomic mass is 15.2. The van der Waals surface area contributed by atoms with Gasteiger partial charge >= 0.3 is 0 Å². The summed E-state index contributed by atoms with van der Waals surface area (Å²) in [6, 6.07) is 9.44. The SMILES string of the molecule is CN(c1ccccc1C#N)c1nc(N)nc2nc[nH]c12. The van der Waals surface area contributed by atoms with Crippen molar-refractivity contribution >= 4 is 28.6 Å². The summed E-state index contributed by atoms with van der Waals surface area (Å²) in [5.41, 5.74) is 8.17. The molecule has 0 atom stereocenters. The molecule has 3 rings (SSSR count). The highest BCUT2D eigenvalue weighted by Crippen LogP contribution is 2.29. The Morgan fingerprint density at radius 2 is 2.10 bits per heavy atom. The number of rotatable bonds is 2. The van der Waals surface area contributed by atoms with Crippen LogP contribution in [-0.4, -0.2) is 27.0 Å². The van der Waals surface area contributed by atoms with E-state index >= 15 is 0 Å². The molecule has 0 fully saturated rings. The van der Waals surface area contributed by atoms with E-state index in [1.165, 1.54) is 6.33 Å². The lowest BCUT2D eigenvalue weighted by molar-refractivity contribution is 1.11. The molecular formula is C13H11N7. The van der Waals surface area contributed by atoms with Crippen molar-refractivity contribution in [3.8, 4) is 6.07 Å². The van der Waals surface area contributed by atoms with Crippen LogP contribution >= 0.6 is 0 Å². The summed E-state index contributed by atoms with van der Waals surface area (Å²) in [4.78, 5) is 17.1. The fraction of sp³-hybridized carbons (Fsp3) is 0.0769. The molecule has 0 bridgehead atoms. The van der Waals surface area contributed by atoms with Crippen molar-refractivity contribution < 1.29 is 0 Å². The van der Waals surface area contributed by atoms with Crippen molar-refractivity contribution in [1.29, 1.82) is 5.26 Å². The molecule has 0 aliphatic rings. The minimum absolute atomic E-state index is 0.140.